The zero-order chi connectivity index (χ0) is 12.1. The largest absolute Gasteiger partial charge is 0.366 e. The summed E-state index contributed by atoms with van der Waals surface area (Å²) < 4.78 is 0. The lowest BCUT2D eigenvalue weighted by Crippen LogP contribution is -2.26. The van der Waals surface area contributed by atoms with Crippen molar-refractivity contribution >= 4 is 12.0 Å². The molecule has 0 atom stereocenters. The molecule has 0 aromatic heterocycles. The molecule has 1 heterocycles. The molecule has 0 spiro atoms. The first-order valence-corrected chi connectivity index (χ1v) is 6.04. The Bertz CT molecular complexity index is 403. The lowest BCUT2D eigenvalue weighted by molar-refractivity contribution is 0.100. The van der Waals surface area contributed by atoms with Gasteiger partial charge in [-0.1, -0.05) is 24.3 Å². The average molecular weight is 230 g/mol. The van der Waals surface area contributed by atoms with Gasteiger partial charge in [-0.15, -0.1) is 0 Å². The van der Waals surface area contributed by atoms with E-state index in [1.54, 1.807) is 12.1 Å². The standard InChI is InChI=1S/C14H18N2O/c15-14(17)13-5-3-11(4-6-13)1-2-12-7-9-16-10-8-12/h1-6,12,16H,7-10H2,(H2,15,17)/b2-1+. The molecule has 0 unspecified atom stereocenters. The molecule has 1 aliphatic rings. The molecular weight excluding hydrogens is 212 g/mol. The smallest absolute Gasteiger partial charge is 0.248 e. The number of hydrogen-bond donors (Lipinski definition) is 2. The van der Waals surface area contributed by atoms with Gasteiger partial charge in [-0.25, -0.2) is 0 Å². The number of hydrogen-bond acceptors (Lipinski definition) is 2. The summed E-state index contributed by atoms with van der Waals surface area (Å²) in [6.07, 6.45) is 6.80. The Morgan fingerprint density at radius 2 is 1.88 bits per heavy atom. The first-order valence-electron chi connectivity index (χ1n) is 6.04. The summed E-state index contributed by atoms with van der Waals surface area (Å²) in [6, 6.07) is 7.39. The first kappa shape index (κ1) is 11.9. The molecule has 1 aromatic rings. The van der Waals surface area contributed by atoms with Crippen molar-refractivity contribution in [2.45, 2.75) is 12.8 Å². The van der Waals surface area contributed by atoms with Gasteiger partial charge in [0.15, 0.2) is 0 Å². The monoisotopic (exact) mass is 230 g/mol. The van der Waals surface area contributed by atoms with E-state index < -0.39 is 0 Å². The topological polar surface area (TPSA) is 55.1 Å². The molecule has 90 valence electrons. The van der Waals surface area contributed by atoms with Gasteiger partial charge >= 0.3 is 0 Å². The van der Waals surface area contributed by atoms with Gasteiger partial charge in [0.2, 0.25) is 5.91 Å². The van der Waals surface area contributed by atoms with Crippen LogP contribution in [0, 0.1) is 5.92 Å². The number of amides is 1. The van der Waals surface area contributed by atoms with Crippen molar-refractivity contribution in [3.63, 3.8) is 0 Å². The van der Waals surface area contributed by atoms with Crippen molar-refractivity contribution in [3.05, 3.63) is 41.5 Å². The fourth-order valence-corrected chi connectivity index (χ4v) is 2.04. The minimum absolute atomic E-state index is 0.376. The van der Waals surface area contributed by atoms with Crippen LogP contribution in [0.2, 0.25) is 0 Å². The van der Waals surface area contributed by atoms with Gasteiger partial charge in [-0.2, -0.15) is 0 Å². The van der Waals surface area contributed by atoms with Crippen molar-refractivity contribution in [3.8, 4) is 0 Å². The van der Waals surface area contributed by atoms with Gasteiger partial charge in [0.1, 0.15) is 0 Å². The van der Waals surface area contributed by atoms with Gasteiger partial charge in [0.25, 0.3) is 0 Å². The zero-order valence-corrected chi connectivity index (χ0v) is 9.86. The Labute approximate surface area is 102 Å². The highest BCUT2D eigenvalue weighted by atomic mass is 16.1. The third kappa shape index (κ3) is 3.43. The van der Waals surface area contributed by atoms with Gasteiger partial charge in [0.05, 0.1) is 0 Å². The highest BCUT2D eigenvalue weighted by Crippen LogP contribution is 2.15. The predicted octanol–water partition coefficient (Wildman–Crippen LogP) is 1.80. The molecule has 17 heavy (non-hydrogen) atoms. The molecule has 3 N–H and O–H groups in total. The normalized spacial score (nSPS) is 17.4. The Morgan fingerprint density at radius 3 is 2.47 bits per heavy atom. The van der Waals surface area contributed by atoms with Crippen molar-refractivity contribution in [2.75, 3.05) is 13.1 Å². The van der Waals surface area contributed by atoms with Crippen molar-refractivity contribution in [1.82, 2.24) is 5.32 Å². The van der Waals surface area contributed by atoms with E-state index in [9.17, 15) is 4.79 Å². The quantitative estimate of drug-likeness (QED) is 0.832. The van der Waals surface area contributed by atoms with Crippen molar-refractivity contribution in [1.29, 1.82) is 0 Å². The van der Waals surface area contributed by atoms with Crippen LogP contribution in [0.3, 0.4) is 0 Å². The molecule has 0 radical (unpaired) electrons. The average Bonchev–Trinajstić information content (AvgIpc) is 2.38. The molecule has 1 fully saturated rings. The number of piperidine rings is 1. The molecule has 3 nitrogen and oxygen atoms in total. The van der Waals surface area contributed by atoms with E-state index in [0.717, 1.165) is 18.7 Å². The van der Waals surface area contributed by atoms with E-state index in [4.69, 9.17) is 5.73 Å². The van der Waals surface area contributed by atoms with Crippen LogP contribution in [-0.4, -0.2) is 19.0 Å². The Kier molecular flexibility index (Phi) is 3.94. The molecule has 3 heteroatoms. The SMILES string of the molecule is NC(=O)c1ccc(/C=C/C2CCNCC2)cc1. The van der Waals surface area contributed by atoms with E-state index >= 15 is 0 Å². The second kappa shape index (κ2) is 5.64. The number of nitrogens with two attached hydrogens (primary N) is 1. The Balaban J connectivity index is 1.98. The number of rotatable bonds is 3. The summed E-state index contributed by atoms with van der Waals surface area (Å²) in [6.45, 7) is 2.21. The minimum Gasteiger partial charge on any atom is -0.366 e. The van der Waals surface area contributed by atoms with Crippen LogP contribution in [0.15, 0.2) is 30.3 Å². The number of benzene rings is 1. The minimum atomic E-state index is -0.376. The maximum atomic E-state index is 10.9. The van der Waals surface area contributed by atoms with Crippen LogP contribution < -0.4 is 11.1 Å². The Morgan fingerprint density at radius 1 is 1.24 bits per heavy atom. The molecule has 1 aliphatic heterocycles. The van der Waals surface area contributed by atoms with Gasteiger partial charge in [0, 0.05) is 5.56 Å². The van der Waals surface area contributed by atoms with E-state index in [2.05, 4.69) is 17.5 Å². The summed E-state index contributed by atoms with van der Waals surface area (Å²) in [5, 5.41) is 3.35. The summed E-state index contributed by atoms with van der Waals surface area (Å²) in [7, 11) is 0. The highest BCUT2D eigenvalue weighted by Gasteiger charge is 2.08. The summed E-state index contributed by atoms with van der Waals surface area (Å²) in [5.41, 5.74) is 6.87. The third-order valence-electron chi connectivity index (χ3n) is 3.14. The van der Waals surface area contributed by atoms with E-state index in [-0.39, 0.29) is 5.91 Å². The van der Waals surface area contributed by atoms with Gasteiger partial charge in [-0.3, -0.25) is 4.79 Å². The third-order valence-corrected chi connectivity index (χ3v) is 3.14. The summed E-state index contributed by atoms with van der Waals surface area (Å²) in [4.78, 5) is 10.9. The van der Waals surface area contributed by atoms with Crippen molar-refractivity contribution < 1.29 is 4.79 Å². The predicted molar refractivity (Wildman–Crippen MR) is 69.6 cm³/mol. The number of carbonyl (C=O) groups is 1. The van der Waals surface area contributed by atoms with Crippen LogP contribution in [0.4, 0.5) is 0 Å². The van der Waals surface area contributed by atoms with E-state index in [1.807, 2.05) is 12.1 Å². The fraction of sp³-hybridized carbons (Fsp3) is 0.357. The Hall–Kier alpha value is -1.61. The highest BCUT2D eigenvalue weighted by molar-refractivity contribution is 5.92. The number of allylic oxidation sites excluding steroid dienone is 1. The van der Waals surface area contributed by atoms with E-state index in [0.29, 0.717) is 11.5 Å². The number of nitrogens with one attached hydrogen (secondary N) is 1. The molecule has 0 bridgehead atoms. The van der Waals surface area contributed by atoms with Crippen LogP contribution >= 0.6 is 0 Å². The summed E-state index contributed by atoms with van der Waals surface area (Å²) in [5.74, 6) is 0.297. The second-order valence-corrected chi connectivity index (χ2v) is 4.43. The maximum Gasteiger partial charge on any atom is 0.248 e. The van der Waals surface area contributed by atoms with Crippen LogP contribution in [0.5, 0.6) is 0 Å². The molecule has 0 saturated carbocycles. The van der Waals surface area contributed by atoms with Gasteiger partial charge < -0.3 is 11.1 Å². The zero-order valence-electron chi connectivity index (χ0n) is 9.86. The maximum absolute atomic E-state index is 10.9. The molecule has 1 saturated heterocycles. The van der Waals surface area contributed by atoms with Crippen LogP contribution in [-0.2, 0) is 0 Å². The lowest BCUT2D eigenvalue weighted by Gasteiger charge is -2.19. The van der Waals surface area contributed by atoms with Crippen LogP contribution in [0.1, 0.15) is 28.8 Å². The second-order valence-electron chi connectivity index (χ2n) is 4.43. The molecule has 0 aliphatic carbocycles. The van der Waals surface area contributed by atoms with Crippen molar-refractivity contribution in [2.24, 2.45) is 11.7 Å². The summed E-state index contributed by atoms with van der Waals surface area (Å²) >= 11 is 0. The molecular formula is C14H18N2O. The first-order chi connectivity index (χ1) is 8.25. The van der Waals surface area contributed by atoms with Gasteiger partial charge in [-0.05, 0) is 49.5 Å². The molecule has 1 aromatic carbocycles. The number of primary amides is 1. The van der Waals surface area contributed by atoms with E-state index in [1.165, 1.54) is 12.8 Å². The molecule has 1 amide bonds. The number of carbonyl (C=O) groups excluding carboxylic acids is 1. The lowest BCUT2D eigenvalue weighted by atomic mass is 9.97. The molecule has 2 rings (SSSR count). The fourth-order valence-electron chi connectivity index (χ4n) is 2.04. The van der Waals surface area contributed by atoms with Crippen LogP contribution in [0.25, 0.3) is 6.08 Å².